The summed E-state index contributed by atoms with van der Waals surface area (Å²) in [5.41, 5.74) is 0.234. The molecule has 2 N–H and O–H groups in total. The Morgan fingerprint density at radius 3 is 2.38 bits per heavy atom. The predicted molar refractivity (Wildman–Crippen MR) is 77.5 cm³/mol. The fourth-order valence-electron chi connectivity index (χ4n) is 2.03. The average Bonchev–Trinajstić information content (AvgIpc) is 2.47. The Hall–Kier alpha value is -1.49. The van der Waals surface area contributed by atoms with Gasteiger partial charge in [-0.3, -0.25) is 4.79 Å². The molecule has 0 fully saturated rings. The molecule has 118 valence electrons. The van der Waals surface area contributed by atoms with Gasteiger partial charge in [-0.25, -0.2) is 8.78 Å². The van der Waals surface area contributed by atoms with E-state index in [1.807, 2.05) is 20.8 Å². The van der Waals surface area contributed by atoms with Gasteiger partial charge in [-0.2, -0.15) is 0 Å². The number of amides is 1. The van der Waals surface area contributed by atoms with Crippen LogP contribution in [0.1, 0.15) is 45.8 Å². The molecule has 1 aromatic carbocycles. The summed E-state index contributed by atoms with van der Waals surface area (Å²) in [7, 11) is 0. The van der Waals surface area contributed by atoms with Gasteiger partial charge in [0, 0.05) is 5.92 Å². The summed E-state index contributed by atoms with van der Waals surface area (Å²) in [6, 6.07) is 2.63. The highest BCUT2D eigenvalue weighted by Gasteiger charge is 2.24. The van der Waals surface area contributed by atoms with Crippen molar-refractivity contribution in [1.29, 1.82) is 0 Å². The highest BCUT2D eigenvalue weighted by molar-refractivity contribution is 5.78. The lowest BCUT2D eigenvalue weighted by Gasteiger charge is -2.24. The van der Waals surface area contributed by atoms with E-state index in [4.69, 9.17) is 0 Å². The van der Waals surface area contributed by atoms with E-state index in [2.05, 4.69) is 5.32 Å². The monoisotopic (exact) mass is 299 g/mol. The number of hydrogen-bond donors (Lipinski definition) is 2. The molecule has 0 saturated carbocycles. The summed E-state index contributed by atoms with van der Waals surface area (Å²) in [4.78, 5) is 12.1. The van der Waals surface area contributed by atoms with Crippen LogP contribution in [0.15, 0.2) is 18.2 Å². The summed E-state index contributed by atoms with van der Waals surface area (Å²) >= 11 is 0. The predicted octanol–water partition coefficient (Wildman–Crippen LogP) is 3.19. The van der Waals surface area contributed by atoms with Gasteiger partial charge in [0.15, 0.2) is 11.6 Å². The zero-order valence-electron chi connectivity index (χ0n) is 12.9. The minimum atomic E-state index is -1.09. The van der Waals surface area contributed by atoms with Crippen LogP contribution in [-0.4, -0.2) is 17.1 Å². The topological polar surface area (TPSA) is 49.3 Å². The van der Waals surface area contributed by atoms with Gasteiger partial charge in [-0.05, 0) is 30.5 Å². The first kappa shape index (κ1) is 17.6. The summed E-state index contributed by atoms with van der Waals surface area (Å²) in [5, 5.41) is 12.8. The summed E-state index contributed by atoms with van der Waals surface area (Å²) in [6.45, 7) is 7.46. The Labute approximate surface area is 124 Å². The van der Waals surface area contributed by atoms with Gasteiger partial charge in [0.2, 0.25) is 5.91 Å². The molecule has 0 aromatic heterocycles. The fraction of sp³-hybridized carbons (Fsp3) is 0.562. The lowest BCUT2D eigenvalue weighted by molar-refractivity contribution is -0.127. The zero-order chi connectivity index (χ0) is 16.2. The molecule has 1 aromatic rings. The maximum absolute atomic E-state index is 13.2. The number of carbonyl (C=O) groups is 1. The molecule has 21 heavy (non-hydrogen) atoms. The van der Waals surface area contributed by atoms with E-state index in [0.717, 1.165) is 18.6 Å². The average molecular weight is 299 g/mol. The minimum Gasteiger partial charge on any atom is -0.386 e. The molecule has 0 saturated heterocycles. The number of aliphatic hydroxyl groups excluding tert-OH is 1. The molecular formula is C16H23F2NO2. The van der Waals surface area contributed by atoms with E-state index in [9.17, 15) is 18.7 Å². The van der Waals surface area contributed by atoms with E-state index in [0.29, 0.717) is 0 Å². The Morgan fingerprint density at radius 2 is 1.86 bits per heavy atom. The molecule has 4 atom stereocenters. The Morgan fingerprint density at radius 1 is 1.24 bits per heavy atom. The van der Waals surface area contributed by atoms with Crippen LogP contribution < -0.4 is 5.32 Å². The molecule has 0 aliphatic carbocycles. The van der Waals surface area contributed by atoms with E-state index in [-0.39, 0.29) is 23.3 Å². The summed E-state index contributed by atoms with van der Waals surface area (Å²) in [6.07, 6.45) is -0.206. The van der Waals surface area contributed by atoms with Crippen molar-refractivity contribution in [3.8, 4) is 0 Å². The number of nitrogens with one attached hydrogen (secondary N) is 1. The van der Waals surface area contributed by atoms with Crippen LogP contribution in [0.3, 0.4) is 0 Å². The molecule has 1 amide bonds. The number of carbonyl (C=O) groups excluding carboxylic acids is 1. The van der Waals surface area contributed by atoms with Gasteiger partial charge < -0.3 is 10.4 Å². The van der Waals surface area contributed by atoms with Crippen molar-refractivity contribution in [1.82, 2.24) is 5.32 Å². The molecule has 0 aliphatic rings. The number of hydrogen-bond acceptors (Lipinski definition) is 2. The third kappa shape index (κ3) is 4.49. The van der Waals surface area contributed by atoms with Crippen molar-refractivity contribution in [2.45, 2.75) is 46.3 Å². The van der Waals surface area contributed by atoms with Gasteiger partial charge in [0.25, 0.3) is 0 Å². The van der Waals surface area contributed by atoms with E-state index < -0.39 is 23.8 Å². The summed E-state index contributed by atoms with van der Waals surface area (Å²) in [5.74, 6) is -2.07. The lowest BCUT2D eigenvalue weighted by Crippen LogP contribution is -2.41. The highest BCUT2D eigenvalue weighted by Crippen LogP contribution is 2.20. The molecule has 5 heteroatoms. The van der Waals surface area contributed by atoms with Crippen molar-refractivity contribution >= 4 is 5.91 Å². The molecule has 0 aliphatic heterocycles. The summed E-state index contributed by atoms with van der Waals surface area (Å²) < 4.78 is 26.1. The maximum Gasteiger partial charge on any atom is 0.223 e. The number of benzene rings is 1. The molecule has 0 spiro atoms. The maximum atomic E-state index is 13.2. The van der Waals surface area contributed by atoms with Crippen LogP contribution in [0.4, 0.5) is 8.78 Å². The second-order valence-electron chi connectivity index (χ2n) is 5.59. The molecular weight excluding hydrogens is 276 g/mol. The van der Waals surface area contributed by atoms with Crippen LogP contribution >= 0.6 is 0 Å². The highest BCUT2D eigenvalue weighted by atomic mass is 19.2. The third-order valence-electron chi connectivity index (χ3n) is 4.04. The number of aliphatic hydroxyl groups is 1. The van der Waals surface area contributed by atoms with Crippen LogP contribution in [0.5, 0.6) is 0 Å². The largest absolute Gasteiger partial charge is 0.386 e. The van der Waals surface area contributed by atoms with Crippen LogP contribution in [0.2, 0.25) is 0 Å². The molecule has 4 unspecified atom stereocenters. The van der Waals surface area contributed by atoms with Crippen molar-refractivity contribution in [2.24, 2.45) is 11.8 Å². The van der Waals surface area contributed by atoms with Crippen LogP contribution in [0, 0.1) is 23.5 Å². The second-order valence-corrected chi connectivity index (χ2v) is 5.59. The molecule has 0 radical (unpaired) electrons. The molecule has 1 rings (SSSR count). The molecule has 0 bridgehead atoms. The van der Waals surface area contributed by atoms with E-state index in [1.54, 1.807) is 6.92 Å². The van der Waals surface area contributed by atoms with Gasteiger partial charge in [-0.15, -0.1) is 0 Å². The van der Waals surface area contributed by atoms with Crippen LogP contribution in [0.25, 0.3) is 0 Å². The quantitative estimate of drug-likeness (QED) is 0.847. The number of rotatable bonds is 6. The number of halogens is 2. The Balaban J connectivity index is 2.72. The minimum absolute atomic E-state index is 0.154. The van der Waals surface area contributed by atoms with Gasteiger partial charge in [0.05, 0.1) is 12.1 Å². The first-order valence-electron chi connectivity index (χ1n) is 7.21. The van der Waals surface area contributed by atoms with Crippen molar-refractivity contribution in [2.75, 3.05) is 0 Å². The van der Waals surface area contributed by atoms with Gasteiger partial charge in [0.1, 0.15) is 0 Å². The van der Waals surface area contributed by atoms with Crippen molar-refractivity contribution < 1.29 is 18.7 Å². The molecule has 3 nitrogen and oxygen atoms in total. The second kappa shape index (κ2) is 7.50. The van der Waals surface area contributed by atoms with Crippen LogP contribution in [-0.2, 0) is 4.79 Å². The SMILES string of the molecule is CCC(C)C(C)C(=O)NC(C)C(O)c1ccc(F)c(F)c1. The van der Waals surface area contributed by atoms with Crippen molar-refractivity contribution in [3.63, 3.8) is 0 Å². The normalized spacial score (nSPS) is 16.9. The Bertz CT molecular complexity index is 493. The molecule has 0 heterocycles. The third-order valence-corrected chi connectivity index (χ3v) is 4.04. The fourth-order valence-corrected chi connectivity index (χ4v) is 2.03. The Kier molecular flexibility index (Phi) is 6.27. The van der Waals surface area contributed by atoms with E-state index in [1.165, 1.54) is 6.07 Å². The smallest absolute Gasteiger partial charge is 0.223 e. The van der Waals surface area contributed by atoms with E-state index >= 15 is 0 Å². The van der Waals surface area contributed by atoms with Gasteiger partial charge in [-0.1, -0.05) is 33.3 Å². The van der Waals surface area contributed by atoms with Gasteiger partial charge >= 0.3 is 0 Å². The first-order valence-corrected chi connectivity index (χ1v) is 7.21. The lowest BCUT2D eigenvalue weighted by atomic mass is 9.92. The first-order chi connectivity index (χ1) is 9.77. The standard InChI is InChI=1S/C16H23F2NO2/c1-5-9(2)10(3)16(21)19-11(4)15(20)12-6-7-13(17)14(18)8-12/h6-11,15,20H,5H2,1-4H3,(H,19,21). The van der Waals surface area contributed by atoms with Crippen molar-refractivity contribution in [3.05, 3.63) is 35.4 Å². The zero-order valence-corrected chi connectivity index (χ0v) is 12.9.